The van der Waals surface area contributed by atoms with Crippen molar-refractivity contribution in [2.45, 2.75) is 19.3 Å². The summed E-state index contributed by atoms with van der Waals surface area (Å²) in [6, 6.07) is 5.88. The monoisotopic (exact) mass is 421 g/mol. The molecule has 1 aromatic rings. The minimum absolute atomic E-state index is 0.204. The first-order chi connectivity index (χ1) is 14.0. The van der Waals surface area contributed by atoms with E-state index in [1.165, 1.54) is 28.9 Å². The van der Waals surface area contributed by atoms with E-state index in [0.717, 1.165) is 30.6 Å². The Bertz CT molecular complexity index is 830. The van der Waals surface area contributed by atoms with Crippen LogP contribution >= 0.6 is 11.8 Å². The molecule has 2 saturated heterocycles. The average Bonchev–Trinajstić information content (AvgIpc) is 3.35. The fourth-order valence-electron chi connectivity index (χ4n) is 3.84. The summed E-state index contributed by atoms with van der Waals surface area (Å²) in [5.41, 5.74) is 0.414. The fourth-order valence-corrected chi connectivity index (χ4v) is 4.75. The van der Waals surface area contributed by atoms with Crippen molar-refractivity contribution in [1.29, 1.82) is 0 Å². The van der Waals surface area contributed by atoms with Crippen LogP contribution in [-0.4, -0.2) is 89.8 Å². The van der Waals surface area contributed by atoms with Gasteiger partial charge in [0.2, 0.25) is 12.1 Å². The Morgan fingerprint density at radius 3 is 2.69 bits per heavy atom. The molecule has 0 N–H and O–H groups in total. The first-order valence-corrected chi connectivity index (χ1v) is 10.6. The van der Waals surface area contributed by atoms with E-state index in [1.807, 2.05) is 0 Å². The maximum Gasteiger partial charge on any atom is 0.417 e. The zero-order valence-electron chi connectivity index (χ0n) is 16.5. The van der Waals surface area contributed by atoms with Gasteiger partial charge in [0, 0.05) is 45.9 Å². The van der Waals surface area contributed by atoms with Crippen molar-refractivity contribution >= 4 is 34.6 Å². The number of carbonyl (C=O) groups excluding carboxylic acids is 2. The number of piperazine rings is 1. The summed E-state index contributed by atoms with van der Waals surface area (Å²) in [4.78, 5) is 36.5. The van der Waals surface area contributed by atoms with Gasteiger partial charge in [-0.15, -0.1) is 0 Å². The number of halogens is 1. The van der Waals surface area contributed by atoms with Gasteiger partial charge in [0.05, 0.1) is 12.2 Å². The highest BCUT2D eigenvalue weighted by Crippen LogP contribution is 2.32. The zero-order valence-corrected chi connectivity index (χ0v) is 17.3. The summed E-state index contributed by atoms with van der Waals surface area (Å²) < 4.78 is 19.4. The normalized spacial score (nSPS) is 25.2. The van der Waals surface area contributed by atoms with E-state index in [4.69, 9.17) is 4.74 Å². The number of carbonyl (C=O) groups is 2. The predicted octanol–water partition coefficient (Wildman–Crippen LogP) is 1.63. The molecule has 3 aliphatic heterocycles. The largest absolute Gasteiger partial charge is 0.421 e. The number of anilines is 1. The molecule has 2 fully saturated rings. The minimum Gasteiger partial charge on any atom is -0.421 e. The van der Waals surface area contributed by atoms with Gasteiger partial charge < -0.3 is 14.5 Å². The highest BCUT2D eigenvalue weighted by atomic mass is 32.2. The second-order valence-corrected chi connectivity index (χ2v) is 8.27. The molecular formula is C19H24FN5O3S. The van der Waals surface area contributed by atoms with Gasteiger partial charge in [0.25, 0.3) is 0 Å². The molecule has 3 aliphatic rings. The maximum atomic E-state index is 13.8. The summed E-state index contributed by atoms with van der Waals surface area (Å²) in [7, 11) is 1.61. The van der Waals surface area contributed by atoms with Gasteiger partial charge in [-0.25, -0.2) is 9.18 Å². The molecule has 0 radical (unpaired) electrons. The SMILES string of the molecule is CC(=O)N(C)C1OC(=O)N(c2cccc(F)c2)C1N1CCN(C2=NCCS2)CC1. The highest BCUT2D eigenvalue weighted by molar-refractivity contribution is 8.14. The molecule has 4 rings (SSSR count). The average molecular weight is 421 g/mol. The van der Waals surface area contributed by atoms with Gasteiger partial charge in [0.15, 0.2) is 11.3 Å². The Labute approximate surface area is 173 Å². The van der Waals surface area contributed by atoms with Crippen LogP contribution < -0.4 is 4.90 Å². The lowest BCUT2D eigenvalue weighted by Gasteiger charge is -2.42. The number of likely N-dealkylation sites (N-methyl/N-ethyl adjacent to an activating group) is 1. The van der Waals surface area contributed by atoms with Crippen LogP contribution in [0, 0.1) is 5.82 Å². The van der Waals surface area contributed by atoms with Crippen LogP contribution in [0.4, 0.5) is 14.9 Å². The van der Waals surface area contributed by atoms with Crippen molar-refractivity contribution in [3.63, 3.8) is 0 Å². The quantitative estimate of drug-likeness (QED) is 0.739. The number of cyclic esters (lactones) is 1. The van der Waals surface area contributed by atoms with E-state index in [-0.39, 0.29) is 5.91 Å². The topological polar surface area (TPSA) is 68.7 Å². The number of hydrogen-bond donors (Lipinski definition) is 0. The van der Waals surface area contributed by atoms with Crippen LogP contribution in [0.5, 0.6) is 0 Å². The molecular weight excluding hydrogens is 397 g/mol. The number of ether oxygens (including phenoxy) is 1. The molecule has 3 heterocycles. The van der Waals surface area contributed by atoms with Crippen molar-refractivity contribution in [3.8, 4) is 0 Å². The Kier molecular flexibility index (Phi) is 5.64. The number of amidine groups is 1. The number of nitrogens with zero attached hydrogens (tertiary/aromatic N) is 5. The molecule has 0 bridgehead atoms. The predicted molar refractivity (Wildman–Crippen MR) is 109 cm³/mol. The molecule has 0 saturated carbocycles. The first kappa shape index (κ1) is 20.0. The lowest BCUT2D eigenvalue weighted by atomic mass is 10.2. The molecule has 156 valence electrons. The summed E-state index contributed by atoms with van der Waals surface area (Å²) >= 11 is 1.76. The number of rotatable bonds is 3. The molecule has 2 unspecified atom stereocenters. The first-order valence-electron chi connectivity index (χ1n) is 9.61. The van der Waals surface area contributed by atoms with E-state index < -0.39 is 24.3 Å². The third-order valence-corrected chi connectivity index (χ3v) is 6.46. The molecule has 0 aliphatic carbocycles. The van der Waals surface area contributed by atoms with E-state index in [2.05, 4.69) is 14.8 Å². The Hall–Kier alpha value is -2.33. The van der Waals surface area contributed by atoms with Crippen molar-refractivity contribution in [1.82, 2.24) is 14.7 Å². The van der Waals surface area contributed by atoms with Crippen LogP contribution in [0.2, 0.25) is 0 Å². The summed E-state index contributed by atoms with van der Waals surface area (Å²) in [6.07, 6.45) is -1.89. The van der Waals surface area contributed by atoms with Crippen LogP contribution in [0.25, 0.3) is 0 Å². The van der Waals surface area contributed by atoms with E-state index in [1.54, 1.807) is 30.9 Å². The van der Waals surface area contributed by atoms with Crippen LogP contribution in [0.15, 0.2) is 29.3 Å². The number of hydrogen-bond acceptors (Lipinski definition) is 7. The Balaban J connectivity index is 1.59. The van der Waals surface area contributed by atoms with Crippen molar-refractivity contribution < 1.29 is 18.7 Å². The van der Waals surface area contributed by atoms with Crippen LogP contribution in [0.3, 0.4) is 0 Å². The number of amides is 2. The third kappa shape index (κ3) is 3.91. The van der Waals surface area contributed by atoms with Crippen molar-refractivity contribution in [3.05, 3.63) is 30.1 Å². The van der Waals surface area contributed by atoms with Crippen molar-refractivity contribution in [2.24, 2.45) is 4.99 Å². The second kappa shape index (κ2) is 8.19. The number of aliphatic imine (C=N–C) groups is 1. The van der Waals surface area contributed by atoms with Gasteiger partial charge in [-0.3, -0.25) is 19.6 Å². The van der Waals surface area contributed by atoms with Crippen LogP contribution in [-0.2, 0) is 9.53 Å². The summed E-state index contributed by atoms with van der Waals surface area (Å²) in [5.74, 6) is 0.377. The van der Waals surface area contributed by atoms with Gasteiger partial charge in [-0.05, 0) is 18.2 Å². The molecule has 29 heavy (non-hydrogen) atoms. The van der Waals surface area contributed by atoms with Gasteiger partial charge >= 0.3 is 6.09 Å². The van der Waals surface area contributed by atoms with Crippen molar-refractivity contribution in [2.75, 3.05) is 50.4 Å². The lowest BCUT2D eigenvalue weighted by molar-refractivity contribution is -0.138. The molecule has 2 atom stereocenters. The zero-order chi connectivity index (χ0) is 20.5. The van der Waals surface area contributed by atoms with E-state index in [9.17, 15) is 14.0 Å². The summed E-state index contributed by atoms with van der Waals surface area (Å²) in [6.45, 7) is 5.17. The fraction of sp³-hybridized carbons (Fsp3) is 0.526. The lowest BCUT2D eigenvalue weighted by Crippen LogP contribution is -2.60. The smallest absolute Gasteiger partial charge is 0.417 e. The molecule has 0 spiro atoms. The minimum atomic E-state index is -0.770. The molecule has 10 heteroatoms. The third-order valence-electron chi connectivity index (χ3n) is 5.43. The van der Waals surface area contributed by atoms with Gasteiger partial charge in [-0.2, -0.15) is 0 Å². The molecule has 1 aromatic carbocycles. The Morgan fingerprint density at radius 2 is 2.07 bits per heavy atom. The van der Waals surface area contributed by atoms with Gasteiger partial charge in [-0.1, -0.05) is 17.8 Å². The number of benzene rings is 1. The van der Waals surface area contributed by atoms with E-state index >= 15 is 0 Å². The highest BCUT2D eigenvalue weighted by Gasteiger charge is 2.49. The van der Waals surface area contributed by atoms with Crippen LogP contribution in [0.1, 0.15) is 6.92 Å². The van der Waals surface area contributed by atoms with Gasteiger partial charge in [0.1, 0.15) is 5.82 Å². The Morgan fingerprint density at radius 1 is 1.31 bits per heavy atom. The summed E-state index contributed by atoms with van der Waals surface area (Å²) in [5, 5.41) is 1.07. The molecule has 2 amide bonds. The maximum absolute atomic E-state index is 13.8. The standard InChI is InChI=1S/C19H24FN5O3S/c1-13(26)22(2)17-16(23-7-9-24(10-8-23)18-21-6-11-29-18)25(19(27)28-17)15-5-3-4-14(20)12-15/h3-5,12,16-17H,6-11H2,1-2H3. The number of thioether (sulfide) groups is 1. The molecule has 8 nitrogen and oxygen atoms in total. The van der Waals surface area contributed by atoms with E-state index in [0.29, 0.717) is 18.8 Å². The molecule has 0 aromatic heterocycles. The second-order valence-electron chi connectivity index (χ2n) is 7.20.